The maximum Gasteiger partial charge on any atom is 0.511 e. The first-order valence-corrected chi connectivity index (χ1v) is 4.01. The minimum atomic E-state index is -1.32. The molecule has 1 aliphatic heterocycles. The van der Waals surface area contributed by atoms with Crippen LogP contribution in [0.2, 0.25) is 0 Å². The van der Waals surface area contributed by atoms with Gasteiger partial charge in [-0.1, -0.05) is 6.07 Å². The van der Waals surface area contributed by atoms with E-state index in [-0.39, 0.29) is 0 Å². The van der Waals surface area contributed by atoms with Crippen molar-refractivity contribution in [1.82, 2.24) is 4.98 Å². The molecule has 0 atom stereocenters. The van der Waals surface area contributed by atoms with Crippen molar-refractivity contribution in [2.45, 2.75) is 0 Å². The van der Waals surface area contributed by atoms with Crippen LogP contribution in [0, 0.1) is 0 Å². The van der Waals surface area contributed by atoms with Gasteiger partial charge in [0.15, 0.2) is 0 Å². The van der Waals surface area contributed by atoms with Crippen LogP contribution < -0.4 is 4.74 Å². The summed E-state index contributed by atoms with van der Waals surface area (Å²) in [5, 5.41) is 8.43. The standard InChI is InChI=1S/C10H7NO3/c12-10(13)14-8-2-1-3-9-7(6-8)4-5-11-9/h1-6H,(H,12,13). The van der Waals surface area contributed by atoms with Gasteiger partial charge in [0, 0.05) is 11.8 Å². The van der Waals surface area contributed by atoms with Crippen LogP contribution in [0.3, 0.4) is 0 Å². The lowest BCUT2D eigenvalue weighted by molar-refractivity contribution is 0.144. The molecule has 1 heterocycles. The van der Waals surface area contributed by atoms with Gasteiger partial charge in [0.25, 0.3) is 0 Å². The molecule has 4 nitrogen and oxygen atoms in total. The lowest BCUT2D eigenvalue weighted by Gasteiger charge is -1.95. The zero-order valence-corrected chi connectivity index (χ0v) is 7.18. The third-order valence-electron chi connectivity index (χ3n) is 1.78. The molecule has 0 aromatic rings. The quantitative estimate of drug-likeness (QED) is 0.699. The monoisotopic (exact) mass is 189 g/mol. The van der Waals surface area contributed by atoms with Gasteiger partial charge in [0.1, 0.15) is 5.75 Å². The minimum Gasteiger partial charge on any atom is -0.449 e. The van der Waals surface area contributed by atoms with Gasteiger partial charge in [-0.25, -0.2) is 4.79 Å². The summed E-state index contributed by atoms with van der Waals surface area (Å²) in [6.45, 7) is 0. The van der Waals surface area contributed by atoms with Crippen molar-refractivity contribution < 1.29 is 14.6 Å². The zero-order valence-electron chi connectivity index (χ0n) is 7.18. The van der Waals surface area contributed by atoms with E-state index in [2.05, 4.69) is 9.72 Å². The van der Waals surface area contributed by atoms with Crippen LogP contribution >= 0.6 is 0 Å². The van der Waals surface area contributed by atoms with Crippen LogP contribution in [-0.4, -0.2) is 16.2 Å². The minimum absolute atomic E-state index is 0.292. The topological polar surface area (TPSA) is 59.4 Å². The van der Waals surface area contributed by atoms with E-state index in [1.807, 2.05) is 0 Å². The molecule has 0 aromatic heterocycles. The van der Waals surface area contributed by atoms with Crippen molar-refractivity contribution in [2.24, 2.45) is 0 Å². The van der Waals surface area contributed by atoms with Crippen LogP contribution in [0.4, 0.5) is 4.79 Å². The number of carboxylic acid groups (broad SMARTS) is 1. The van der Waals surface area contributed by atoms with Crippen molar-refractivity contribution in [1.29, 1.82) is 0 Å². The molecule has 0 bridgehead atoms. The van der Waals surface area contributed by atoms with Gasteiger partial charge in [0.2, 0.25) is 0 Å². The summed E-state index contributed by atoms with van der Waals surface area (Å²) < 4.78 is 4.54. The van der Waals surface area contributed by atoms with Crippen molar-refractivity contribution in [3.63, 3.8) is 0 Å². The lowest BCUT2D eigenvalue weighted by Crippen LogP contribution is -2.01. The maximum absolute atomic E-state index is 10.3. The molecule has 0 amide bonds. The van der Waals surface area contributed by atoms with E-state index in [1.54, 1.807) is 36.5 Å². The highest BCUT2D eigenvalue weighted by molar-refractivity contribution is 5.65. The Hall–Kier alpha value is -2.10. The normalized spacial score (nSPS) is 10.0. The fourth-order valence-corrected chi connectivity index (χ4v) is 1.22. The summed E-state index contributed by atoms with van der Waals surface area (Å²) in [5.74, 6) is 0.292. The summed E-state index contributed by atoms with van der Waals surface area (Å²) in [7, 11) is 0. The first-order chi connectivity index (χ1) is 6.75. The first kappa shape index (κ1) is 8.50. The molecule has 0 aromatic carbocycles. The molecule has 0 unspecified atom stereocenters. The Morgan fingerprint density at radius 1 is 1.36 bits per heavy atom. The molecule has 0 spiro atoms. The maximum atomic E-state index is 10.3. The van der Waals surface area contributed by atoms with E-state index < -0.39 is 6.16 Å². The molecule has 70 valence electrons. The van der Waals surface area contributed by atoms with E-state index in [4.69, 9.17) is 5.11 Å². The molecule has 4 heteroatoms. The third-order valence-corrected chi connectivity index (χ3v) is 1.78. The second-order valence-electron chi connectivity index (χ2n) is 2.73. The molecule has 1 aliphatic carbocycles. The number of carbonyl (C=O) groups is 1. The molecule has 14 heavy (non-hydrogen) atoms. The van der Waals surface area contributed by atoms with Gasteiger partial charge in [-0.3, -0.25) is 4.98 Å². The first-order valence-electron chi connectivity index (χ1n) is 4.01. The Morgan fingerprint density at radius 3 is 3.00 bits per heavy atom. The number of aromatic nitrogens is 1. The van der Waals surface area contributed by atoms with Gasteiger partial charge < -0.3 is 9.84 Å². The SMILES string of the molecule is O=C(O)Oc1cccc2nccc-2c1. The van der Waals surface area contributed by atoms with E-state index >= 15 is 0 Å². The number of ether oxygens (including phenoxy) is 1. The summed E-state index contributed by atoms with van der Waals surface area (Å²) in [5.41, 5.74) is 1.66. The smallest absolute Gasteiger partial charge is 0.449 e. The van der Waals surface area contributed by atoms with Crippen LogP contribution in [0.25, 0.3) is 11.3 Å². The zero-order chi connectivity index (χ0) is 9.97. The summed E-state index contributed by atoms with van der Waals surface area (Å²) in [6.07, 6.45) is 0.346. The second-order valence-corrected chi connectivity index (χ2v) is 2.73. The number of fused-ring (bicyclic) bond motifs is 1. The second kappa shape index (κ2) is 3.33. The number of hydrogen-bond acceptors (Lipinski definition) is 3. The van der Waals surface area contributed by atoms with E-state index in [1.165, 1.54) is 0 Å². The predicted octanol–water partition coefficient (Wildman–Crippen LogP) is 2.24. The van der Waals surface area contributed by atoms with Crippen molar-refractivity contribution in [2.75, 3.05) is 0 Å². The Kier molecular flexibility index (Phi) is 2.02. The Balaban J connectivity index is 2.43. The van der Waals surface area contributed by atoms with E-state index in [0.717, 1.165) is 11.3 Å². The van der Waals surface area contributed by atoms with Gasteiger partial charge in [-0.2, -0.15) is 0 Å². The average molecular weight is 189 g/mol. The van der Waals surface area contributed by atoms with Crippen LogP contribution in [-0.2, 0) is 0 Å². The highest BCUT2D eigenvalue weighted by Crippen LogP contribution is 2.22. The summed E-state index contributed by atoms with van der Waals surface area (Å²) in [6, 6.07) is 8.51. The highest BCUT2D eigenvalue weighted by Gasteiger charge is 2.04. The van der Waals surface area contributed by atoms with Gasteiger partial charge in [-0.05, 0) is 24.3 Å². The van der Waals surface area contributed by atoms with Crippen molar-refractivity contribution >= 4 is 6.16 Å². The third kappa shape index (κ3) is 1.64. The molecule has 0 radical (unpaired) electrons. The van der Waals surface area contributed by atoms with Gasteiger partial charge >= 0.3 is 6.16 Å². The molecular formula is C10H7NO3. The fourth-order valence-electron chi connectivity index (χ4n) is 1.22. The van der Waals surface area contributed by atoms with Gasteiger partial charge in [-0.15, -0.1) is 0 Å². The highest BCUT2D eigenvalue weighted by atomic mass is 16.7. The summed E-state index contributed by atoms with van der Waals surface area (Å²) in [4.78, 5) is 14.4. The van der Waals surface area contributed by atoms with Crippen LogP contribution in [0.1, 0.15) is 0 Å². The Morgan fingerprint density at radius 2 is 2.21 bits per heavy atom. The predicted molar refractivity (Wildman–Crippen MR) is 49.5 cm³/mol. The number of rotatable bonds is 1. The van der Waals surface area contributed by atoms with Gasteiger partial charge in [0.05, 0.1) is 5.69 Å². The Labute approximate surface area is 80.1 Å². The lowest BCUT2D eigenvalue weighted by atomic mass is 10.2. The molecular weight excluding hydrogens is 182 g/mol. The number of nitrogens with zero attached hydrogens (tertiary/aromatic N) is 1. The molecule has 0 saturated carbocycles. The average Bonchev–Trinajstić information content (AvgIpc) is 2.44. The Bertz CT molecular complexity index is 441. The van der Waals surface area contributed by atoms with Crippen molar-refractivity contribution in [3.05, 3.63) is 36.5 Å². The number of hydrogen-bond donors (Lipinski definition) is 1. The molecule has 0 saturated heterocycles. The molecule has 1 N–H and O–H groups in total. The largest absolute Gasteiger partial charge is 0.511 e. The van der Waals surface area contributed by atoms with Crippen LogP contribution in [0.15, 0.2) is 36.5 Å². The van der Waals surface area contributed by atoms with Crippen LogP contribution in [0.5, 0.6) is 5.75 Å². The van der Waals surface area contributed by atoms with E-state index in [0.29, 0.717) is 5.75 Å². The molecule has 0 fully saturated rings. The molecule has 2 aliphatic rings. The fraction of sp³-hybridized carbons (Fsp3) is 0. The van der Waals surface area contributed by atoms with Crippen molar-refractivity contribution in [3.8, 4) is 17.0 Å². The van der Waals surface area contributed by atoms with E-state index in [9.17, 15) is 4.79 Å². The summed E-state index contributed by atoms with van der Waals surface area (Å²) >= 11 is 0. The molecule has 2 rings (SSSR count).